The predicted molar refractivity (Wildman–Crippen MR) is 64.3 cm³/mol. The van der Waals surface area contributed by atoms with Crippen LogP contribution in [0.15, 0.2) is 36.4 Å². The molecule has 0 amide bonds. The SMILES string of the molecule is OCCc1ccccc1Oc1ccc(C(F)(F)F)nn1. The zero-order chi connectivity index (χ0) is 14.6. The van der Waals surface area contributed by atoms with Gasteiger partial charge in [-0.3, -0.25) is 0 Å². The Morgan fingerprint density at radius 1 is 1.05 bits per heavy atom. The van der Waals surface area contributed by atoms with E-state index in [0.717, 1.165) is 17.7 Å². The molecule has 106 valence electrons. The van der Waals surface area contributed by atoms with Crippen molar-refractivity contribution < 1.29 is 23.0 Å². The molecule has 0 fully saturated rings. The fourth-order valence-corrected chi connectivity index (χ4v) is 1.57. The monoisotopic (exact) mass is 284 g/mol. The van der Waals surface area contributed by atoms with Crippen molar-refractivity contribution in [2.75, 3.05) is 6.61 Å². The van der Waals surface area contributed by atoms with Gasteiger partial charge in [0.2, 0.25) is 5.88 Å². The summed E-state index contributed by atoms with van der Waals surface area (Å²) in [7, 11) is 0. The molecule has 1 N–H and O–H groups in total. The first-order valence-corrected chi connectivity index (χ1v) is 5.78. The quantitative estimate of drug-likeness (QED) is 0.938. The molecule has 1 aromatic heterocycles. The van der Waals surface area contributed by atoms with Gasteiger partial charge in [-0.05, 0) is 24.1 Å². The second-order valence-corrected chi connectivity index (χ2v) is 3.94. The number of aliphatic hydroxyl groups excluding tert-OH is 1. The summed E-state index contributed by atoms with van der Waals surface area (Å²) in [5.74, 6) is 0.388. The lowest BCUT2D eigenvalue weighted by Gasteiger charge is -2.10. The molecule has 0 bridgehead atoms. The molecular weight excluding hydrogens is 273 g/mol. The Hall–Kier alpha value is -2.15. The van der Waals surface area contributed by atoms with E-state index >= 15 is 0 Å². The highest BCUT2D eigenvalue weighted by Crippen LogP contribution is 2.29. The highest BCUT2D eigenvalue weighted by atomic mass is 19.4. The number of para-hydroxylation sites is 1. The zero-order valence-corrected chi connectivity index (χ0v) is 10.3. The van der Waals surface area contributed by atoms with Crippen molar-refractivity contribution in [3.63, 3.8) is 0 Å². The van der Waals surface area contributed by atoms with Gasteiger partial charge in [0.25, 0.3) is 0 Å². The summed E-state index contributed by atoms with van der Waals surface area (Å²) in [6, 6.07) is 8.79. The zero-order valence-electron chi connectivity index (χ0n) is 10.3. The van der Waals surface area contributed by atoms with Crippen LogP contribution >= 0.6 is 0 Å². The van der Waals surface area contributed by atoms with Gasteiger partial charge in [0, 0.05) is 12.7 Å². The van der Waals surface area contributed by atoms with E-state index in [2.05, 4.69) is 10.2 Å². The van der Waals surface area contributed by atoms with Crippen molar-refractivity contribution in [3.05, 3.63) is 47.7 Å². The molecule has 0 radical (unpaired) electrons. The van der Waals surface area contributed by atoms with Crippen molar-refractivity contribution in [3.8, 4) is 11.6 Å². The molecule has 0 unspecified atom stereocenters. The number of aliphatic hydroxyl groups is 1. The number of rotatable bonds is 4. The predicted octanol–water partition coefficient (Wildman–Crippen LogP) is 2.82. The molecule has 0 aliphatic heterocycles. The van der Waals surface area contributed by atoms with E-state index in [1.165, 1.54) is 0 Å². The van der Waals surface area contributed by atoms with Crippen LogP contribution in [-0.2, 0) is 12.6 Å². The number of alkyl halides is 3. The lowest BCUT2D eigenvalue weighted by Crippen LogP contribution is -2.09. The highest BCUT2D eigenvalue weighted by Gasteiger charge is 2.33. The second-order valence-electron chi connectivity index (χ2n) is 3.94. The van der Waals surface area contributed by atoms with Crippen LogP contribution in [0.3, 0.4) is 0 Å². The Kier molecular flexibility index (Phi) is 4.19. The number of hydrogen-bond acceptors (Lipinski definition) is 4. The van der Waals surface area contributed by atoms with Crippen LogP contribution in [0.4, 0.5) is 13.2 Å². The molecule has 0 aliphatic carbocycles. The number of nitrogens with zero attached hydrogens (tertiary/aromatic N) is 2. The molecule has 1 heterocycles. The third kappa shape index (κ3) is 3.45. The maximum atomic E-state index is 12.3. The lowest BCUT2D eigenvalue weighted by atomic mass is 10.1. The van der Waals surface area contributed by atoms with Crippen LogP contribution < -0.4 is 4.74 Å². The summed E-state index contributed by atoms with van der Waals surface area (Å²) in [6.07, 6.45) is -4.15. The lowest BCUT2D eigenvalue weighted by molar-refractivity contribution is -0.141. The van der Waals surface area contributed by atoms with Crippen molar-refractivity contribution in [2.45, 2.75) is 12.6 Å². The molecular formula is C13H11F3N2O2. The standard InChI is InChI=1S/C13H11F3N2O2/c14-13(15,16)11-5-6-12(18-17-11)20-10-4-2-1-3-9(10)7-8-19/h1-6,19H,7-8H2. The molecule has 0 atom stereocenters. The number of ether oxygens (including phenoxy) is 1. The summed E-state index contributed by atoms with van der Waals surface area (Å²) >= 11 is 0. The van der Waals surface area contributed by atoms with Crippen LogP contribution in [0.2, 0.25) is 0 Å². The number of aromatic nitrogens is 2. The smallest absolute Gasteiger partial charge is 0.435 e. The molecule has 20 heavy (non-hydrogen) atoms. The number of halogens is 3. The fraction of sp³-hybridized carbons (Fsp3) is 0.231. The van der Waals surface area contributed by atoms with Crippen molar-refractivity contribution in [1.29, 1.82) is 0 Å². The van der Waals surface area contributed by atoms with Crippen molar-refractivity contribution in [2.24, 2.45) is 0 Å². The number of benzene rings is 1. The third-order valence-corrected chi connectivity index (χ3v) is 2.50. The molecule has 0 aliphatic rings. The van der Waals surface area contributed by atoms with Gasteiger partial charge in [-0.15, -0.1) is 10.2 Å². The first kappa shape index (κ1) is 14.3. The third-order valence-electron chi connectivity index (χ3n) is 2.50. The second kappa shape index (κ2) is 5.87. The molecule has 7 heteroatoms. The molecule has 4 nitrogen and oxygen atoms in total. The average Bonchev–Trinajstić information content (AvgIpc) is 2.41. The van der Waals surface area contributed by atoms with E-state index in [9.17, 15) is 13.2 Å². The fourth-order valence-electron chi connectivity index (χ4n) is 1.57. The summed E-state index contributed by atoms with van der Waals surface area (Å²) in [6.45, 7) is -0.0565. The molecule has 0 saturated carbocycles. The van der Waals surface area contributed by atoms with Crippen LogP contribution in [0.25, 0.3) is 0 Å². The Labute approximate surface area is 112 Å². The van der Waals surface area contributed by atoms with E-state index in [-0.39, 0.29) is 12.5 Å². The normalized spacial score (nSPS) is 11.4. The summed E-state index contributed by atoms with van der Waals surface area (Å²) in [4.78, 5) is 0. The van der Waals surface area contributed by atoms with Gasteiger partial charge in [0.1, 0.15) is 5.75 Å². The minimum absolute atomic E-state index is 0.0385. The van der Waals surface area contributed by atoms with E-state index in [4.69, 9.17) is 9.84 Å². The van der Waals surface area contributed by atoms with Gasteiger partial charge in [-0.25, -0.2) is 0 Å². The van der Waals surface area contributed by atoms with Gasteiger partial charge >= 0.3 is 6.18 Å². The topological polar surface area (TPSA) is 55.2 Å². The van der Waals surface area contributed by atoms with Gasteiger partial charge < -0.3 is 9.84 Å². The van der Waals surface area contributed by atoms with E-state index in [1.54, 1.807) is 24.3 Å². The van der Waals surface area contributed by atoms with Crippen LogP contribution in [-0.4, -0.2) is 21.9 Å². The maximum absolute atomic E-state index is 12.3. The Bertz CT molecular complexity index is 571. The van der Waals surface area contributed by atoms with Crippen LogP contribution in [0, 0.1) is 0 Å². The summed E-state index contributed by atoms with van der Waals surface area (Å²) in [5, 5.41) is 15.4. The van der Waals surface area contributed by atoms with E-state index < -0.39 is 11.9 Å². The highest BCUT2D eigenvalue weighted by molar-refractivity contribution is 5.36. The van der Waals surface area contributed by atoms with Gasteiger partial charge in [-0.2, -0.15) is 13.2 Å². The molecule has 0 saturated heterocycles. The first-order chi connectivity index (χ1) is 9.50. The Morgan fingerprint density at radius 3 is 2.40 bits per heavy atom. The van der Waals surface area contributed by atoms with Gasteiger partial charge in [0.15, 0.2) is 5.69 Å². The van der Waals surface area contributed by atoms with Gasteiger partial charge in [-0.1, -0.05) is 18.2 Å². The largest absolute Gasteiger partial charge is 0.437 e. The molecule has 1 aromatic carbocycles. The Morgan fingerprint density at radius 2 is 1.80 bits per heavy atom. The van der Waals surface area contributed by atoms with Crippen LogP contribution in [0.5, 0.6) is 11.6 Å². The maximum Gasteiger partial charge on any atom is 0.435 e. The summed E-state index contributed by atoms with van der Waals surface area (Å²) in [5.41, 5.74) is -0.342. The van der Waals surface area contributed by atoms with Crippen molar-refractivity contribution >= 4 is 0 Å². The minimum Gasteiger partial charge on any atom is -0.437 e. The molecule has 2 aromatic rings. The van der Waals surface area contributed by atoms with E-state index in [1.807, 2.05) is 0 Å². The van der Waals surface area contributed by atoms with E-state index in [0.29, 0.717) is 12.2 Å². The molecule has 2 rings (SSSR count). The van der Waals surface area contributed by atoms with Crippen molar-refractivity contribution in [1.82, 2.24) is 10.2 Å². The first-order valence-electron chi connectivity index (χ1n) is 5.78. The number of hydrogen-bond donors (Lipinski definition) is 1. The minimum atomic E-state index is -4.53. The average molecular weight is 284 g/mol. The Balaban J connectivity index is 2.18. The molecule has 0 spiro atoms. The van der Waals surface area contributed by atoms with Crippen LogP contribution in [0.1, 0.15) is 11.3 Å². The van der Waals surface area contributed by atoms with Gasteiger partial charge in [0.05, 0.1) is 0 Å². The summed E-state index contributed by atoms with van der Waals surface area (Å²) < 4.78 is 42.4.